The lowest BCUT2D eigenvalue weighted by Gasteiger charge is -2.56. The molecule has 0 aromatic rings. The lowest BCUT2D eigenvalue weighted by Crippen LogP contribution is -2.73. The van der Waals surface area contributed by atoms with Gasteiger partial charge in [0.15, 0.2) is 0 Å². The third-order valence-corrected chi connectivity index (χ3v) is 4.18. The van der Waals surface area contributed by atoms with Gasteiger partial charge in [-0.25, -0.2) is 4.79 Å². The highest BCUT2D eigenvalue weighted by Gasteiger charge is 2.52. The molecule has 1 aliphatic heterocycles. The molecule has 1 N–H and O–H groups in total. The number of likely N-dealkylation sites (N-methyl/N-ethyl adjacent to an activating group) is 1. The van der Waals surface area contributed by atoms with E-state index in [2.05, 4.69) is 18.7 Å². The van der Waals surface area contributed by atoms with E-state index in [1.54, 1.807) is 4.90 Å². The minimum atomic E-state index is -0.828. The third-order valence-electron chi connectivity index (χ3n) is 4.18. The number of hydrogen-bond donors (Lipinski definition) is 1. The number of rotatable bonds is 6. The van der Waals surface area contributed by atoms with Gasteiger partial charge in [0.25, 0.3) is 0 Å². The molecule has 0 aliphatic carbocycles. The molecule has 0 radical (unpaired) electrons. The number of carbonyl (C=O) groups is 2. The number of likely N-dealkylation sites (tertiary alicyclic amines) is 1. The van der Waals surface area contributed by atoms with Crippen LogP contribution in [0.3, 0.4) is 0 Å². The Morgan fingerprint density at radius 1 is 1.32 bits per heavy atom. The number of carboxylic acids is 1. The third kappa shape index (κ3) is 4.35. The largest absolute Gasteiger partial charge is 0.481 e. The van der Waals surface area contributed by atoms with Crippen LogP contribution < -0.4 is 0 Å². The fourth-order valence-corrected chi connectivity index (χ4v) is 3.13. The Morgan fingerprint density at radius 3 is 2.23 bits per heavy atom. The second kappa shape index (κ2) is 6.86. The van der Waals surface area contributed by atoms with Gasteiger partial charge in [-0.1, -0.05) is 13.8 Å². The first-order valence-corrected chi connectivity index (χ1v) is 8.01. The minimum Gasteiger partial charge on any atom is -0.481 e. The molecule has 1 amide bonds. The number of carbonyl (C=O) groups excluding carboxylic acids is 1. The van der Waals surface area contributed by atoms with Crippen LogP contribution in [0, 0.1) is 0 Å². The van der Waals surface area contributed by atoms with Crippen LogP contribution in [0.25, 0.3) is 0 Å². The van der Waals surface area contributed by atoms with Crippen molar-refractivity contribution in [2.45, 2.75) is 71.6 Å². The molecule has 0 bridgehead atoms. The van der Waals surface area contributed by atoms with Crippen LogP contribution in [-0.2, 0) is 9.53 Å². The van der Waals surface area contributed by atoms with Gasteiger partial charge in [0.2, 0.25) is 0 Å². The molecule has 0 aromatic carbocycles. The molecule has 0 aromatic heterocycles. The first-order valence-electron chi connectivity index (χ1n) is 8.01. The summed E-state index contributed by atoms with van der Waals surface area (Å²) in [7, 11) is 0. The van der Waals surface area contributed by atoms with Gasteiger partial charge >= 0.3 is 12.1 Å². The summed E-state index contributed by atoms with van der Waals surface area (Å²) in [6.45, 7) is 13.3. The molecular formula is C16H30N2O4. The molecule has 1 unspecified atom stereocenters. The topological polar surface area (TPSA) is 70.1 Å². The normalized spacial score (nSPS) is 18.8. The Morgan fingerprint density at radius 2 is 1.86 bits per heavy atom. The van der Waals surface area contributed by atoms with Crippen LogP contribution in [0.15, 0.2) is 0 Å². The van der Waals surface area contributed by atoms with Crippen molar-refractivity contribution in [3.63, 3.8) is 0 Å². The van der Waals surface area contributed by atoms with E-state index in [9.17, 15) is 14.7 Å². The molecule has 0 saturated carbocycles. The van der Waals surface area contributed by atoms with E-state index in [-0.39, 0.29) is 18.6 Å². The number of nitrogens with zero attached hydrogens (tertiary/aromatic N) is 2. The zero-order valence-electron chi connectivity index (χ0n) is 14.7. The predicted molar refractivity (Wildman–Crippen MR) is 84.9 cm³/mol. The lowest BCUT2D eigenvalue weighted by atomic mass is 9.83. The van der Waals surface area contributed by atoms with Gasteiger partial charge in [0.1, 0.15) is 5.60 Å². The Balaban J connectivity index is 2.83. The SMILES string of the molecule is CCC(C)N(CC)C1(CC(=O)O)CN(C(=O)OC(C)(C)C)C1. The summed E-state index contributed by atoms with van der Waals surface area (Å²) < 4.78 is 5.36. The van der Waals surface area contributed by atoms with E-state index < -0.39 is 17.1 Å². The quantitative estimate of drug-likeness (QED) is 0.816. The Bertz CT molecular complexity index is 411. The van der Waals surface area contributed by atoms with Gasteiger partial charge in [-0.2, -0.15) is 0 Å². The molecule has 1 rings (SSSR count). The Labute approximate surface area is 133 Å². The second-order valence-corrected chi connectivity index (χ2v) is 7.17. The predicted octanol–water partition coefficient (Wildman–Crippen LogP) is 2.57. The van der Waals surface area contributed by atoms with Crippen LogP contribution in [0.5, 0.6) is 0 Å². The maximum atomic E-state index is 12.1. The minimum absolute atomic E-state index is 0.0461. The van der Waals surface area contributed by atoms with E-state index in [1.165, 1.54) is 0 Å². The Hall–Kier alpha value is -1.30. The van der Waals surface area contributed by atoms with Gasteiger partial charge in [0.05, 0.1) is 12.0 Å². The highest BCUT2D eigenvalue weighted by atomic mass is 16.6. The van der Waals surface area contributed by atoms with Crippen molar-refractivity contribution in [2.24, 2.45) is 0 Å². The van der Waals surface area contributed by atoms with Crippen LogP contribution in [0.2, 0.25) is 0 Å². The van der Waals surface area contributed by atoms with E-state index >= 15 is 0 Å². The second-order valence-electron chi connectivity index (χ2n) is 7.17. The number of hydrogen-bond acceptors (Lipinski definition) is 4. The zero-order valence-corrected chi connectivity index (χ0v) is 14.7. The summed E-state index contributed by atoms with van der Waals surface area (Å²) in [4.78, 5) is 27.2. The number of ether oxygens (including phenoxy) is 1. The molecule has 1 aliphatic rings. The molecule has 6 heteroatoms. The summed E-state index contributed by atoms with van der Waals surface area (Å²) in [5, 5.41) is 9.26. The average molecular weight is 314 g/mol. The van der Waals surface area contributed by atoms with Gasteiger partial charge in [0, 0.05) is 19.1 Å². The van der Waals surface area contributed by atoms with Gasteiger partial charge in [-0.15, -0.1) is 0 Å². The molecular weight excluding hydrogens is 284 g/mol. The van der Waals surface area contributed by atoms with Crippen LogP contribution in [0.1, 0.15) is 54.4 Å². The average Bonchev–Trinajstić information content (AvgIpc) is 2.32. The maximum Gasteiger partial charge on any atom is 0.410 e. The molecule has 6 nitrogen and oxygen atoms in total. The first kappa shape index (κ1) is 18.7. The van der Waals surface area contributed by atoms with E-state index in [0.29, 0.717) is 13.1 Å². The highest BCUT2D eigenvalue weighted by Crippen LogP contribution is 2.34. The van der Waals surface area contributed by atoms with Crippen molar-refractivity contribution in [3.05, 3.63) is 0 Å². The van der Waals surface area contributed by atoms with Crippen molar-refractivity contribution in [1.29, 1.82) is 0 Å². The van der Waals surface area contributed by atoms with Gasteiger partial charge in [-0.05, 0) is 40.7 Å². The first-order chi connectivity index (χ1) is 10.0. The Kier molecular flexibility index (Phi) is 5.84. The van der Waals surface area contributed by atoms with Crippen molar-refractivity contribution < 1.29 is 19.4 Å². The molecule has 22 heavy (non-hydrogen) atoms. The van der Waals surface area contributed by atoms with Crippen molar-refractivity contribution in [1.82, 2.24) is 9.80 Å². The summed E-state index contributed by atoms with van der Waals surface area (Å²) in [6, 6.07) is 0.283. The highest BCUT2D eigenvalue weighted by molar-refractivity contribution is 5.73. The summed E-state index contributed by atoms with van der Waals surface area (Å²) in [5.74, 6) is -0.828. The molecule has 1 heterocycles. The van der Waals surface area contributed by atoms with Crippen LogP contribution >= 0.6 is 0 Å². The molecule has 0 spiro atoms. The molecule has 128 valence electrons. The number of amides is 1. The number of aliphatic carboxylic acids is 1. The summed E-state index contributed by atoms with van der Waals surface area (Å²) in [5.41, 5.74) is -1.02. The molecule has 1 atom stereocenters. The van der Waals surface area contributed by atoms with Crippen molar-refractivity contribution in [2.75, 3.05) is 19.6 Å². The number of carboxylic acid groups (broad SMARTS) is 1. The van der Waals surface area contributed by atoms with Crippen LogP contribution in [-0.4, -0.2) is 63.8 Å². The van der Waals surface area contributed by atoms with E-state index in [1.807, 2.05) is 27.7 Å². The maximum absolute atomic E-state index is 12.1. The molecule has 1 fully saturated rings. The fraction of sp³-hybridized carbons (Fsp3) is 0.875. The van der Waals surface area contributed by atoms with Crippen molar-refractivity contribution >= 4 is 12.1 Å². The van der Waals surface area contributed by atoms with Crippen molar-refractivity contribution in [3.8, 4) is 0 Å². The van der Waals surface area contributed by atoms with Gasteiger partial charge < -0.3 is 14.7 Å². The fourth-order valence-electron chi connectivity index (χ4n) is 3.13. The monoisotopic (exact) mass is 314 g/mol. The summed E-state index contributed by atoms with van der Waals surface area (Å²) >= 11 is 0. The van der Waals surface area contributed by atoms with E-state index in [0.717, 1.165) is 13.0 Å². The standard InChI is InChI=1S/C16H30N2O4/c1-7-12(3)18(8-2)16(9-13(19)20)10-17(11-16)14(21)22-15(4,5)6/h12H,7-11H2,1-6H3,(H,19,20). The van der Waals surface area contributed by atoms with Gasteiger partial charge in [-0.3, -0.25) is 9.69 Å². The van der Waals surface area contributed by atoms with Crippen LogP contribution in [0.4, 0.5) is 4.79 Å². The zero-order chi connectivity index (χ0) is 17.1. The summed E-state index contributed by atoms with van der Waals surface area (Å²) in [6.07, 6.45) is 0.625. The van der Waals surface area contributed by atoms with E-state index in [4.69, 9.17) is 4.74 Å². The smallest absolute Gasteiger partial charge is 0.410 e. The molecule has 1 saturated heterocycles. The lowest BCUT2D eigenvalue weighted by molar-refractivity contribution is -0.147.